The smallest absolute Gasteiger partial charge is 0.0645 e. The van der Waals surface area contributed by atoms with Crippen LogP contribution >= 0.6 is 0 Å². The standard InChI is InChI=1S/C46H30N2/c1-3-11-31(12-4-1)33-19-24-36(25-20-33)47-42-18-10-9-17-39(42)40-29-41-45(30-44(40)47)48(43-28-23-35-15-7-8-16-38(35)46(41)43)37-26-21-34(22-27-37)32-13-5-2-6-14-32/h1-30H/i19D,20D,24D,25D. The van der Waals surface area contributed by atoms with E-state index in [9.17, 15) is 2.74 Å². The van der Waals surface area contributed by atoms with Crippen LogP contribution in [-0.4, -0.2) is 9.13 Å². The molecule has 0 saturated carbocycles. The van der Waals surface area contributed by atoms with E-state index in [1.54, 1.807) is 0 Å². The number of rotatable bonds is 4. The number of para-hydroxylation sites is 1. The second-order valence-corrected chi connectivity index (χ2v) is 12.3. The zero-order chi connectivity index (χ0) is 35.1. The van der Waals surface area contributed by atoms with Gasteiger partial charge >= 0.3 is 0 Å². The van der Waals surface area contributed by atoms with Crippen LogP contribution in [-0.2, 0) is 0 Å². The highest BCUT2D eigenvalue weighted by atomic mass is 15.0. The van der Waals surface area contributed by atoms with Crippen LogP contribution in [0.15, 0.2) is 182 Å². The van der Waals surface area contributed by atoms with E-state index >= 15 is 0 Å². The van der Waals surface area contributed by atoms with Crippen LogP contribution in [0.5, 0.6) is 0 Å². The number of nitrogens with zero attached hydrogens (tertiary/aromatic N) is 2. The van der Waals surface area contributed by atoms with Gasteiger partial charge in [0, 0.05) is 32.9 Å². The summed E-state index contributed by atoms with van der Waals surface area (Å²) in [5.74, 6) is 0. The third-order valence-corrected chi connectivity index (χ3v) is 9.58. The van der Waals surface area contributed by atoms with Crippen molar-refractivity contribution < 1.29 is 5.48 Å². The Bertz CT molecular complexity index is 3000. The first kappa shape index (κ1) is 23.0. The zero-order valence-electron chi connectivity index (χ0n) is 29.9. The third kappa shape index (κ3) is 4.06. The average Bonchev–Trinajstić information content (AvgIpc) is 3.69. The van der Waals surface area contributed by atoms with Crippen molar-refractivity contribution in [2.75, 3.05) is 0 Å². The summed E-state index contributed by atoms with van der Waals surface area (Å²) in [5, 5.41) is 6.57. The lowest BCUT2D eigenvalue weighted by atomic mass is 10.0. The molecule has 2 aromatic heterocycles. The molecule has 224 valence electrons. The molecule has 0 aliphatic carbocycles. The van der Waals surface area contributed by atoms with Gasteiger partial charge in [0.05, 0.1) is 27.5 Å². The van der Waals surface area contributed by atoms with Gasteiger partial charge in [-0.1, -0.05) is 133 Å². The van der Waals surface area contributed by atoms with Crippen molar-refractivity contribution in [2.45, 2.75) is 0 Å². The van der Waals surface area contributed by atoms with Gasteiger partial charge in [-0.2, -0.15) is 0 Å². The van der Waals surface area contributed by atoms with E-state index in [1.807, 2.05) is 59.2 Å². The van der Waals surface area contributed by atoms with Crippen LogP contribution in [0.4, 0.5) is 0 Å². The van der Waals surface area contributed by atoms with Gasteiger partial charge in [-0.25, -0.2) is 0 Å². The van der Waals surface area contributed by atoms with Gasteiger partial charge in [0.15, 0.2) is 0 Å². The van der Waals surface area contributed by atoms with E-state index in [-0.39, 0.29) is 29.9 Å². The quantitative estimate of drug-likeness (QED) is 0.187. The molecule has 2 heterocycles. The van der Waals surface area contributed by atoms with Crippen molar-refractivity contribution in [3.05, 3.63) is 182 Å². The van der Waals surface area contributed by atoms with Crippen LogP contribution in [0.2, 0.25) is 0 Å². The number of fused-ring (bicyclic) bond motifs is 8. The second kappa shape index (κ2) is 10.6. The highest BCUT2D eigenvalue weighted by Crippen LogP contribution is 2.42. The highest BCUT2D eigenvalue weighted by molar-refractivity contribution is 6.25. The molecule has 0 bridgehead atoms. The van der Waals surface area contributed by atoms with Crippen LogP contribution < -0.4 is 0 Å². The van der Waals surface area contributed by atoms with Gasteiger partial charge in [0.1, 0.15) is 0 Å². The Labute approximate surface area is 284 Å². The summed E-state index contributed by atoms with van der Waals surface area (Å²) in [5.41, 5.74) is 8.23. The first-order chi connectivity index (χ1) is 25.5. The fraction of sp³-hybridized carbons (Fsp3) is 0. The molecule has 2 heteroatoms. The maximum Gasteiger partial charge on any atom is 0.0645 e. The molecule has 0 aliphatic rings. The van der Waals surface area contributed by atoms with E-state index in [4.69, 9.17) is 2.74 Å². The van der Waals surface area contributed by atoms with Gasteiger partial charge in [0.2, 0.25) is 0 Å². The highest BCUT2D eigenvalue weighted by Gasteiger charge is 2.20. The Morgan fingerprint density at radius 3 is 1.67 bits per heavy atom. The Morgan fingerprint density at radius 2 is 0.917 bits per heavy atom. The fourth-order valence-electron chi connectivity index (χ4n) is 7.37. The van der Waals surface area contributed by atoms with Crippen molar-refractivity contribution >= 4 is 54.4 Å². The number of hydrogen-bond donors (Lipinski definition) is 0. The molecule has 48 heavy (non-hydrogen) atoms. The van der Waals surface area contributed by atoms with E-state index in [0.29, 0.717) is 11.1 Å². The average molecular weight is 615 g/mol. The second-order valence-electron chi connectivity index (χ2n) is 12.3. The molecule has 0 atom stereocenters. The number of benzene rings is 8. The molecule has 10 rings (SSSR count). The largest absolute Gasteiger partial charge is 0.309 e. The first-order valence-electron chi connectivity index (χ1n) is 18.2. The molecule has 10 aromatic rings. The predicted octanol–water partition coefficient (Wildman–Crippen LogP) is 12.4. The SMILES string of the molecule is [2H]c1c([2H])c(-n2c3ccccc3c3cc4c5c6ccccc6ccc5n(-c5ccc(-c6ccccc6)cc5)c4cc32)c([2H])c([2H])c1-c1ccccc1. The maximum absolute atomic E-state index is 9.34. The molecule has 0 spiro atoms. The van der Waals surface area contributed by atoms with Crippen molar-refractivity contribution in [1.82, 2.24) is 9.13 Å². The van der Waals surface area contributed by atoms with Gasteiger partial charge in [-0.05, 0) is 81.5 Å². The summed E-state index contributed by atoms with van der Waals surface area (Å²) >= 11 is 0. The predicted molar refractivity (Wildman–Crippen MR) is 203 cm³/mol. The van der Waals surface area contributed by atoms with E-state index in [0.717, 1.165) is 65.8 Å². The Morgan fingerprint density at radius 1 is 0.333 bits per heavy atom. The monoisotopic (exact) mass is 614 g/mol. The first-order valence-corrected chi connectivity index (χ1v) is 16.2. The van der Waals surface area contributed by atoms with Crippen molar-refractivity contribution in [3.63, 3.8) is 0 Å². The lowest BCUT2D eigenvalue weighted by Gasteiger charge is -2.11. The van der Waals surface area contributed by atoms with E-state index < -0.39 is 0 Å². The Hall–Kier alpha value is -6.38. The minimum absolute atomic E-state index is 0.0618. The van der Waals surface area contributed by atoms with Gasteiger partial charge in [-0.15, -0.1) is 0 Å². The molecule has 8 aromatic carbocycles. The van der Waals surface area contributed by atoms with Crippen LogP contribution in [0.3, 0.4) is 0 Å². The normalized spacial score (nSPS) is 12.9. The van der Waals surface area contributed by atoms with Crippen molar-refractivity contribution in [1.29, 1.82) is 0 Å². The minimum Gasteiger partial charge on any atom is -0.309 e. The van der Waals surface area contributed by atoms with Crippen LogP contribution in [0, 0.1) is 0 Å². The zero-order valence-corrected chi connectivity index (χ0v) is 25.9. The number of aromatic nitrogens is 2. The molecule has 0 amide bonds. The summed E-state index contributed by atoms with van der Waals surface area (Å²) in [6.45, 7) is 0. The molecule has 2 nitrogen and oxygen atoms in total. The lowest BCUT2D eigenvalue weighted by Crippen LogP contribution is -1.96. The van der Waals surface area contributed by atoms with Gasteiger partial charge < -0.3 is 9.13 Å². The Kier molecular flexibility index (Phi) is 5.08. The van der Waals surface area contributed by atoms with E-state index in [2.05, 4.69) is 108 Å². The van der Waals surface area contributed by atoms with Crippen molar-refractivity contribution in [3.8, 4) is 33.6 Å². The molecule has 0 saturated heterocycles. The summed E-state index contributed by atoms with van der Waals surface area (Å²) in [6, 6.07) is 53.4. The summed E-state index contributed by atoms with van der Waals surface area (Å²) in [7, 11) is 0. The van der Waals surface area contributed by atoms with Crippen LogP contribution in [0.25, 0.3) is 88.0 Å². The maximum atomic E-state index is 9.34. The van der Waals surface area contributed by atoms with Gasteiger partial charge in [0.25, 0.3) is 0 Å². The van der Waals surface area contributed by atoms with Crippen molar-refractivity contribution in [2.24, 2.45) is 0 Å². The summed E-state index contributed by atoms with van der Waals surface area (Å²) < 4.78 is 41.2. The topological polar surface area (TPSA) is 9.86 Å². The molecule has 0 aliphatic heterocycles. The molecular weight excluding hydrogens is 581 g/mol. The third-order valence-electron chi connectivity index (χ3n) is 9.58. The molecule has 0 unspecified atom stereocenters. The van der Waals surface area contributed by atoms with E-state index in [1.165, 1.54) is 5.39 Å². The minimum atomic E-state index is -0.0781. The lowest BCUT2D eigenvalue weighted by molar-refractivity contribution is 1.17. The Balaban J connectivity index is 1.32. The summed E-state index contributed by atoms with van der Waals surface area (Å²) in [6.07, 6.45) is 0. The molecular formula is C46H30N2. The molecule has 0 radical (unpaired) electrons. The number of hydrogen-bond acceptors (Lipinski definition) is 0. The molecule has 0 N–H and O–H groups in total. The summed E-state index contributed by atoms with van der Waals surface area (Å²) in [4.78, 5) is 0. The van der Waals surface area contributed by atoms with Gasteiger partial charge in [-0.3, -0.25) is 0 Å². The fourth-order valence-corrected chi connectivity index (χ4v) is 7.37. The van der Waals surface area contributed by atoms with Crippen LogP contribution in [0.1, 0.15) is 5.48 Å². The molecule has 0 fully saturated rings.